The predicted octanol–water partition coefficient (Wildman–Crippen LogP) is 6.20. The molecule has 2 amide bonds. The summed E-state index contributed by atoms with van der Waals surface area (Å²) in [4.78, 5) is 26.2. The summed E-state index contributed by atoms with van der Waals surface area (Å²) in [6, 6.07) is 11.1. The van der Waals surface area contributed by atoms with Gasteiger partial charge in [-0.3, -0.25) is 14.5 Å². The van der Waals surface area contributed by atoms with Gasteiger partial charge in [0, 0.05) is 23.6 Å². The molecule has 1 aliphatic carbocycles. The lowest BCUT2D eigenvalue weighted by Crippen LogP contribution is -2.27. The fraction of sp³-hybridized carbons (Fsp3) is 0.417. The van der Waals surface area contributed by atoms with E-state index in [1.54, 1.807) is 0 Å². The minimum atomic E-state index is -0.191. The molecule has 4 nitrogen and oxygen atoms in total. The Morgan fingerprint density at radius 1 is 1.07 bits per heavy atom. The molecule has 2 heterocycles. The largest absolute Gasteiger partial charge is 0.318 e. The molecule has 0 N–H and O–H groups in total. The van der Waals surface area contributed by atoms with Gasteiger partial charge >= 0.3 is 0 Å². The van der Waals surface area contributed by atoms with E-state index in [4.69, 9.17) is 0 Å². The summed E-state index contributed by atoms with van der Waals surface area (Å²) in [7, 11) is 0. The third-order valence-corrected chi connectivity index (χ3v) is 7.08. The first kappa shape index (κ1) is 20.0. The Bertz CT molecular complexity index is 966. The van der Waals surface area contributed by atoms with E-state index >= 15 is 0 Å². The van der Waals surface area contributed by atoms with Crippen molar-refractivity contribution in [1.82, 2.24) is 9.47 Å². The Hall–Kier alpha value is -2.27. The monoisotopic (exact) mass is 408 g/mol. The van der Waals surface area contributed by atoms with Crippen LogP contribution < -0.4 is 0 Å². The van der Waals surface area contributed by atoms with Gasteiger partial charge < -0.3 is 4.57 Å². The third kappa shape index (κ3) is 3.80. The van der Waals surface area contributed by atoms with Crippen LogP contribution in [0.5, 0.6) is 0 Å². The van der Waals surface area contributed by atoms with Gasteiger partial charge in [0.2, 0.25) is 0 Å². The SMILES string of the molecule is CCN1C(=O)SC(=Cc2cc(C)n(-c3ccc(C4CCCCC4)cc3)c2C)C1=O. The van der Waals surface area contributed by atoms with E-state index in [1.165, 1.54) is 42.6 Å². The van der Waals surface area contributed by atoms with Gasteiger partial charge in [0.05, 0.1) is 4.91 Å². The lowest BCUT2D eigenvalue weighted by molar-refractivity contribution is -0.122. The average molecular weight is 409 g/mol. The van der Waals surface area contributed by atoms with E-state index in [0.717, 1.165) is 34.4 Å². The number of carbonyl (C=O) groups is 2. The standard InChI is InChI=1S/C24H28N2O2S/c1-4-25-23(27)22(29-24(25)28)15-20-14-16(2)26(17(20)3)21-12-10-19(11-13-21)18-8-6-5-7-9-18/h10-15,18H,4-9H2,1-3H3. The molecule has 2 aromatic rings. The van der Waals surface area contributed by atoms with Crippen LogP contribution in [-0.2, 0) is 4.79 Å². The fourth-order valence-corrected chi connectivity index (χ4v) is 5.47. The molecular weight excluding hydrogens is 380 g/mol. The van der Waals surface area contributed by atoms with E-state index in [-0.39, 0.29) is 11.1 Å². The molecule has 1 aromatic carbocycles. The number of imide groups is 1. The van der Waals surface area contributed by atoms with Crippen molar-refractivity contribution in [3.63, 3.8) is 0 Å². The highest BCUT2D eigenvalue weighted by molar-refractivity contribution is 8.18. The highest BCUT2D eigenvalue weighted by atomic mass is 32.2. The molecule has 2 fully saturated rings. The van der Waals surface area contributed by atoms with Crippen molar-refractivity contribution < 1.29 is 9.59 Å². The summed E-state index contributed by atoms with van der Waals surface area (Å²) in [5.74, 6) is 0.513. The maximum atomic E-state index is 12.4. The van der Waals surface area contributed by atoms with Crippen molar-refractivity contribution in [2.45, 2.75) is 58.8 Å². The Morgan fingerprint density at radius 2 is 1.76 bits per heavy atom. The summed E-state index contributed by atoms with van der Waals surface area (Å²) in [6.45, 7) is 6.38. The van der Waals surface area contributed by atoms with Crippen LogP contribution in [0.4, 0.5) is 4.79 Å². The summed E-state index contributed by atoms with van der Waals surface area (Å²) in [6.07, 6.45) is 8.52. The Labute approximate surface area is 177 Å². The highest BCUT2D eigenvalue weighted by Gasteiger charge is 2.33. The number of benzene rings is 1. The number of hydrogen-bond donors (Lipinski definition) is 0. The molecule has 1 aromatic heterocycles. The number of rotatable bonds is 4. The highest BCUT2D eigenvalue weighted by Crippen LogP contribution is 2.35. The molecule has 152 valence electrons. The Balaban J connectivity index is 1.62. The van der Waals surface area contributed by atoms with Crippen molar-refractivity contribution in [1.29, 1.82) is 0 Å². The summed E-state index contributed by atoms with van der Waals surface area (Å²) >= 11 is 1.03. The molecule has 1 aliphatic heterocycles. The zero-order valence-corrected chi connectivity index (χ0v) is 18.2. The number of aryl methyl sites for hydroxylation is 1. The lowest BCUT2D eigenvalue weighted by atomic mass is 9.84. The molecule has 0 radical (unpaired) electrons. The van der Waals surface area contributed by atoms with Gasteiger partial charge in [-0.15, -0.1) is 0 Å². The second kappa shape index (κ2) is 8.23. The Morgan fingerprint density at radius 3 is 2.38 bits per heavy atom. The number of thioether (sulfide) groups is 1. The number of likely N-dealkylation sites (N-methyl/N-ethyl adjacent to an activating group) is 1. The molecule has 1 saturated heterocycles. The second-order valence-electron chi connectivity index (χ2n) is 8.01. The van der Waals surface area contributed by atoms with Crippen LogP contribution in [-0.4, -0.2) is 27.2 Å². The van der Waals surface area contributed by atoms with Gasteiger partial charge in [0.15, 0.2) is 0 Å². The van der Waals surface area contributed by atoms with Crippen molar-refractivity contribution in [2.75, 3.05) is 6.54 Å². The number of hydrogen-bond acceptors (Lipinski definition) is 3. The van der Waals surface area contributed by atoms with Crippen molar-refractivity contribution in [3.05, 3.63) is 57.8 Å². The lowest BCUT2D eigenvalue weighted by Gasteiger charge is -2.22. The fourth-order valence-electron chi connectivity index (χ4n) is 4.58. The normalized spacial score (nSPS) is 19.6. The quantitative estimate of drug-likeness (QED) is 0.566. The number of carbonyl (C=O) groups excluding carboxylic acids is 2. The molecule has 0 unspecified atom stereocenters. The first-order valence-corrected chi connectivity index (χ1v) is 11.4. The molecule has 0 atom stereocenters. The van der Waals surface area contributed by atoms with Gasteiger partial charge in [-0.05, 0) is 86.7 Å². The summed E-state index contributed by atoms with van der Waals surface area (Å²) < 4.78 is 2.22. The van der Waals surface area contributed by atoms with Crippen LogP contribution in [0.2, 0.25) is 0 Å². The van der Waals surface area contributed by atoms with E-state index in [0.29, 0.717) is 17.4 Å². The van der Waals surface area contributed by atoms with Gasteiger partial charge in [0.1, 0.15) is 0 Å². The van der Waals surface area contributed by atoms with Crippen LogP contribution in [0.1, 0.15) is 67.5 Å². The van der Waals surface area contributed by atoms with Crippen LogP contribution in [0.3, 0.4) is 0 Å². The van der Waals surface area contributed by atoms with Gasteiger partial charge in [-0.1, -0.05) is 31.4 Å². The molecular formula is C24H28N2O2S. The van der Waals surface area contributed by atoms with Gasteiger partial charge in [-0.2, -0.15) is 0 Å². The van der Waals surface area contributed by atoms with Crippen molar-refractivity contribution in [3.8, 4) is 5.69 Å². The second-order valence-corrected chi connectivity index (χ2v) is 9.01. The first-order chi connectivity index (χ1) is 14.0. The molecule has 4 rings (SSSR count). The van der Waals surface area contributed by atoms with Crippen molar-refractivity contribution >= 4 is 29.0 Å². The first-order valence-electron chi connectivity index (χ1n) is 10.5. The third-order valence-electron chi connectivity index (χ3n) is 6.17. The average Bonchev–Trinajstić information content (AvgIpc) is 3.17. The molecule has 1 saturated carbocycles. The number of nitrogens with zero attached hydrogens (tertiary/aromatic N) is 2. The topological polar surface area (TPSA) is 42.3 Å². The summed E-state index contributed by atoms with van der Waals surface area (Å²) in [5, 5.41) is -0.184. The zero-order valence-electron chi connectivity index (χ0n) is 17.4. The van der Waals surface area contributed by atoms with E-state index in [1.807, 2.05) is 13.0 Å². The van der Waals surface area contributed by atoms with Crippen LogP contribution >= 0.6 is 11.8 Å². The van der Waals surface area contributed by atoms with E-state index in [9.17, 15) is 9.59 Å². The minimum Gasteiger partial charge on any atom is -0.318 e. The molecule has 0 bridgehead atoms. The summed E-state index contributed by atoms with van der Waals surface area (Å²) in [5.41, 5.74) is 5.77. The van der Waals surface area contributed by atoms with Crippen molar-refractivity contribution in [2.24, 2.45) is 0 Å². The minimum absolute atomic E-state index is 0.184. The van der Waals surface area contributed by atoms with E-state index < -0.39 is 0 Å². The number of amides is 2. The number of aromatic nitrogens is 1. The molecule has 0 spiro atoms. The van der Waals surface area contributed by atoms with E-state index in [2.05, 4.69) is 48.7 Å². The molecule has 5 heteroatoms. The molecule has 29 heavy (non-hydrogen) atoms. The maximum Gasteiger partial charge on any atom is 0.293 e. The van der Waals surface area contributed by atoms with Crippen LogP contribution in [0.25, 0.3) is 11.8 Å². The molecule has 2 aliphatic rings. The zero-order chi connectivity index (χ0) is 20.5. The van der Waals surface area contributed by atoms with Crippen LogP contribution in [0, 0.1) is 13.8 Å². The van der Waals surface area contributed by atoms with Gasteiger partial charge in [0.25, 0.3) is 11.1 Å². The predicted molar refractivity (Wildman–Crippen MR) is 119 cm³/mol. The Kier molecular flexibility index (Phi) is 5.68. The van der Waals surface area contributed by atoms with Gasteiger partial charge in [-0.25, -0.2) is 0 Å². The smallest absolute Gasteiger partial charge is 0.293 e. The maximum absolute atomic E-state index is 12.4. The van der Waals surface area contributed by atoms with Crippen LogP contribution in [0.15, 0.2) is 35.2 Å².